The first kappa shape index (κ1) is 6.36. The molecule has 0 aromatic carbocycles. The zero-order chi connectivity index (χ0) is 4.99. The molecule has 0 saturated carbocycles. The Balaban J connectivity index is 2.75. The van der Waals surface area contributed by atoms with Crippen LogP contribution in [-0.2, 0) is 0 Å². The third-order valence-electron chi connectivity index (χ3n) is 0.799. The van der Waals surface area contributed by atoms with Crippen molar-refractivity contribution < 1.29 is 4.20 Å². The Kier molecular flexibility index (Phi) is 3.76. The standard InChI is InChI=1S/C4H10FP/c1-3-4(2)6-5/h4,6H,3H2,1-2H3. The van der Waals surface area contributed by atoms with Crippen LogP contribution in [0.25, 0.3) is 0 Å². The summed E-state index contributed by atoms with van der Waals surface area (Å²) in [5.41, 5.74) is 0.296. The molecule has 0 aromatic rings. The smallest absolute Gasteiger partial charge is 0.0699 e. The Hall–Kier alpha value is 0.360. The van der Waals surface area contributed by atoms with E-state index in [4.69, 9.17) is 0 Å². The zero-order valence-electron chi connectivity index (χ0n) is 4.16. The summed E-state index contributed by atoms with van der Waals surface area (Å²) in [7, 11) is -0.368. The van der Waals surface area contributed by atoms with Crippen molar-refractivity contribution in [3.8, 4) is 0 Å². The summed E-state index contributed by atoms with van der Waals surface area (Å²) >= 11 is 0. The van der Waals surface area contributed by atoms with Gasteiger partial charge in [-0.25, -0.2) is 4.20 Å². The molecule has 0 aliphatic rings. The number of rotatable bonds is 2. The van der Waals surface area contributed by atoms with Crippen molar-refractivity contribution >= 4 is 8.89 Å². The molecule has 0 spiro atoms. The fourth-order valence-corrected chi connectivity index (χ4v) is 0.231. The number of halogens is 1. The molecule has 0 N–H and O–H groups in total. The highest BCUT2D eigenvalue weighted by Gasteiger charge is 1.92. The summed E-state index contributed by atoms with van der Waals surface area (Å²) < 4.78 is 11.4. The Morgan fingerprint density at radius 3 is 2.33 bits per heavy atom. The average molecular weight is 108 g/mol. The third-order valence-corrected chi connectivity index (χ3v) is 1.58. The summed E-state index contributed by atoms with van der Waals surface area (Å²) in [6.45, 7) is 3.91. The van der Waals surface area contributed by atoms with Crippen LogP contribution in [0.15, 0.2) is 0 Å². The van der Waals surface area contributed by atoms with E-state index in [1.807, 2.05) is 13.8 Å². The van der Waals surface area contributed by atoms with Gasteiger partial charge in [0.05, 0.1) is 8.89 Å². The minimum absolute atomic E-state index is 0.296. The van der Waals surface area contributed by atoms with Gasteiger partial charge in [-0.1, -0.05) is 13.8 Å². The summed E-state index contributed by atoms with van der Waals surface area (Å²) in [6.07, 6.45) is 0.967. The van der Waals surface area contributed by atoms with E-state index in [9.17, 15) is 4.20 Å². The topological polar surface area (TPSA) is 0 Å². The molecule has 0 aliphatic heterocycles. The molecule has 2 atom stereocenters. The van der Waals surface area contributed by atoms with Gasteiger partial charge in [0.25, 0.3) is 0 Å². The van der Waals surface area contributed by atoms with E-state index in [2.05, 4.69) is 0 Å². The molecule has 0 aliphatic carbocycles. The minimum atomic E-state index is -0.368. The largest absolute Gasteiger partial charge is 0.230 e. The van der Waals surface area contributed by atoms with Crippen LogP contribution in [-0.4, -0.2) is 5.66 Å². The molecule has 0 heterocycles. The summed E-state index contributed by atoms with van der Waals surface area (Å²) in [5, 5.41) is 0. The lowest BCUT2D eigenvalue weighted by Gasteiger charge is -1.95. The molecule has 0 nitrogen and oxygen atoms in total. The summed E-state index contributed by atoms with van der Waals surface area (Å²) in [4.78, 5) is 0. The van der Waals surface area contributed by atoms with Crippen LogP contribution >= 0.6 is 8.89 Å². The molecule has 0 fully saturated rings. The molecule has 6 heavy (non-hydrogen) atoms. The van der Waals surface area contributed by atoms with Crippen LogP contribution in [0.4, 0.5) is 4.20 Å². The van der Waals surface area contributed by atoms with Gasteiger partial charge in [-0.05, 0) is 6.42 Å². The second-order valence-electron chi connectivity index (χ2n) is 1.42. The monoisotopic (exact) mass is 108 g/mol. The molecule has 2 unspecified atom stereocenters. The van der Waals surface area contributed by atoms with Crippen LogP contribution in [0.3, 0.4) is 0 Å². The molecule has 0 amide bonds. The van der Waals surface area contributed by atoms with Crippen molar-refractivity contribution in [1.29, 1.82) is 0 Å². The van der Waals surface area contributed by atoms with Crippen molar-refractivity contribution in [2.75, 3.05) is 0 Å². The highest BCUT2D eigenvalue weighted by molar-refractivity contribution is 7.32. The first-order valence-corrected chi connectivity index (χ1v) is 3.13. The first-order chi connectivity index (χ1) is 2.81. The van der Waals surface area contributed by atoms with E-state index >= 15 is 0 Å². The van der Waals surface area contributed by atoms with Crippen LogP contribution < -0.4 is 0 Å². The van der Waals surface area contributed by atoms with Gasteiger partial charge in [0.2, 0.25) is 0 Å². The molecule has 0 radical (unpaired) electrons. The first-order valence-electron chi connectivity index (χ1n) is 2.17. The van der Waals surface area contributed by atoms with Gasteiger partial charge in [-0.15, -0.1) is 0 Å². The number of hydrogen-bond acceptors (Lipinski definition) is 0. The maximum Gasteiger partial charge on any atom is 0.0699 e. The van der Waals surface area contributed by atoms with Gasteiger partial charge in [0.1, 0.15) is 0 Å². The van der Waals surface area contributed by atoms with Gasteiger partial charge < -0.3 is 0 Å². The van der Waals surface area contributed by atoms with Crippen molar-refractivity contribution in [3.63, 3.8) is 0 Å². The fourth-order valence-electron chi connectivity index (χ4n) is 0.0772. The lowest BCUT2D eigenvalue weighted by molar-refractivity contribution is 0.825. The van der Waals surface area contributed by atoms with Gasteiger partial charge in [-0.2, -0.15) is 0 Å². The predicted octanol–water partition coefficient (Wildman–Crippen LogP) is 2.35. The van der Waals surface area contributed by atoms with E-state index in [1.54, 1.807) is 0 Å². The van der Waals surface area contributed by atoms with E-state index in [0.717, 1.165) is 6.42 Å². The van der Waals surface area contributed by atoms with Gasteiger partial charge >= 0.3 is 0 Å². The Morgan fingerprint density at radius 1 is 1.83 bits per heavy atom. The molecular formula is C4H10FP. The average Bonchev–Trinajstić information content (AvgIpc) is 1.65. The van der Waals surface area contributed by atoms with Crippen LogP contribution in [0, 0.1) is 0 Å². The lowest BCUT2D eigenvalue weighted by atomic mass is 10.4. The van der Waals surface area contributed by atoms with Crippen molar-refractivity contribution in [1.82, 2.24) is 0 Å². The minimum Gasteiger partial charge on any atom is -0.230 e. The second kappa shape index (κ2) is 3.55. The van der Waals surface area contributed by atoms with Crippen LogP contribution in [0.1, 0.15) is 20.3 Å². The molecule has 0 saturated heterocycles. The van der Waals surface area contributed by atoms with E-state index in [-0.39, 0.29) is 8.89 Å². The van der Waals surface area contributed by atoms with Crippen molar-refractivity contribution in [2.24, 2.45) is 0 Å². The van der Waals surface area contributed by atoms with E-state index in [0.29, 0.717) is 5.66 Å². The maximum absolute atomic E-state index is 11.4. The Bertz CT molecular complexity index is 26.7. The lowest BCUT2D eigenvalue weighted by Crippen LogP contribution is -1.83. The third kappa shape index (κ3) is 2.59. The normalized spacial score (nSPS) is 16.5. The molecular weight excluding hydrogens is 98.0 g/mol. The molecule has 0 aromatic heterocycles. The summed E-state index contributed by atoms with van der Waals surface area (Å²) in [5.74, 6) is 0. The molecule has 0 bridgehead atoms. The quantitative estimate of drug-likeness (QED) is 0.476. The highest BCUT2D eigenvalue weighted by atomic mass is 31.1. The predicted molar refractivity (Wildman–Crippen MR) is 29.2 cm³/mol. The van der Waals surface area contributed by atoms with Gasteiger partial charge in [-0.3, -0.25) is 0 Å². The van der Waals surface area contributed by atoms with Gasteiger partial charge in [0, 0.05) is 5.66 Å². The molecule has 2 heteroatoms. The van der Waals surface area contributed by atoms with E-state index in [1.165, 1.54) is 0 Å². The number of hydrogen-bond donors (Lipinski definition) is 0. The maximum atomic E-state index is 11.4. The van der Waals surface area contributed by atoms with Crippen LogP contribution in [0.2, 0.25) is 0 Å². The fraction of sp³-hybridized carbons (Fsp3) is 1.00. The Labute approximate surface area is 40.0 Å². The SMILES string of the molecule is CCC(C)PF. The van der Waals surface area contributed by atoms with Crippen molar-refractivity contribution in [2.45, 2.75) is 25.9 Å². The van der Waals surface area contributed by atoms with Crippen molar-refractivity contribution in [3.05, 3.63) is 0 Å². The highest BCUT2D eigenvalue weighted by Crippen LogP contribution is 2.20. The van der Waals surface area contributed by atoms with Gasteiger partial charge in [0.15, 0.2) is 0 Å². The van der Waals surface area contributed by atoms with E-state index < -0.39 is 0 Å². The summed E-state index contributed by atoms with van der Waals surface area (Å²) in [6, 6.07) is 0. The second-order valence-corrected chi connectivity index (χ2v) is 2.62. The Morgan fingerprint density at radius 2 is 2.33 bits per heavy atom. The molecule has 0 rings (SSSR count). The zero-order valence-corrected chi connectivity index (χ0v) is 5.16. The van der Waals surface area contributed by atoms with Crippen LogP contribution in [0.5, 0.6) is 0 Å². The molecule has 38 valence electrons.